The van der Waals surface area contributed by atoms with E-state index >= 15 is 0 Å². The van der Waals surface area contributed by atoms with Crippen LogP contribution >= 0.6 is 23.4 Å². The van der Waals surface area contributed by atoms with Crippen molar-refractivity contribution in [3.05, 3.63) is 81.6 Å². The van der Waals surface area contributed by atoms with E-state index in [1.54, 1.807) is 35.4 Å². The number of rotatable bonds is 7. The second-order valence-corrected chi connectivity index (χ2v) is 8.44. The number of H-pyrrole nitrogens is 1. The third-order valence-corrected chi connectivity index (χ3v) is 5.90. The molecule has 7 nitrogen and oxygen atoms in total. The highest BCUT2D eigenvalue weighted by Gasteiger charge is 2.18. The van der Waals surface area contributed by atoms with E-state index < -0.39 is 0 Å². The molecule has 0 saturated carbocycles. The Labute approximate surface area is 194 Å². The molecule has 164 valence electrons. The highest BCUT2D eigenvalue weighted by Crippen LogP contribution is 2.20. The fraction of sp³-hybridized carbons (Fsp3) is 0.217. The topological polar surface area (TPSA) is 83.9 Å². The molecule has 0 atom stereocenters. The zero-order valence-electron chi connectivity index (χ0n) is 17.7. The zero-order valence-corrected chi connectivity index (χ0v) is 19.3. The van der Waals surface area contributed by atoms with Crippen molar-refractivity contribution in [3.8, 4) is 5.69 Å². The minimum atomic E-state index is -0.253. The highest BCUT2D eigenvalue weighted by atomic mass is 35.5. The number of nitrogens with zero attached hydrogens (tertiary/aromatic N) is 4. The van der Waals surface area contributed by atoms with E-state index in [2.05, 4.69) is 15.0 Å². The van der Waals surface area contributed by atoms with Crippen LogP contribution in [0.15, 0.2) is 64.8 Å². The van der Waals surface area contributed by atoms with Gasteiger partial charge in [0, 0.05) is 35.2 Å². The Morgan fingerprint density at radius 1 is 1.25 bits per heavy atom. The van der Waals surface area contributed by atoms with Gasteiger partial charge < -0.3 is 9.88 Å². The Morgan fingerprint density at radius 3 is 2.88 bits per heavy atom. The second-order valence-electron chi connectivity index (χ2n) is 7.24. The van der Waals surface area contributed by atoms with Crippen LogP contribution in [0.4, 0.5) is 0 Å². The van der Waals surface area contributed by atoms with Gasteiger partial charge in [-0.3, -0.25) is 14.2 Å². The lowest BCUT2D eigenvalue weighted by molar-refractivity contribution is 0.0739. The van der Waals surface area contributed by atoms with Crippen molar-refractivity contribution >= 4 is 40.2 Å². The van der Waals surface area contributed by atoms with Crippen LogP contribution in [0.5, 0.6) is 0 Å². The molecular formula is C23H22ClN5O2S. The van der Waals surface area contributed by atoms with Gasteiger partial charge in [-0.15, -0.1) is 0 Å². The number of imidazole rings is 1. The SMILES string of the molecule is CCCN(Cc1nc2cc(Cl)ccc2c(=O)[nH]1)C(=O)c1cccc(-n2ccnc2SC)c1. The maximum atomic E-state index is 13.4. The lowest BCUT2D eigenvalue weighted by Crippen LogP contribution is -2.33. The summed E-state index contributed by atoms with van der Waals surface area (Å²) in [5, 5.41) is 1.81. The van der Waals surface area contributed by atoms with Gasteiger partial charge >= 0.3 is 0 Å². The summed E-state index contributed by atoms with van der Waals surface area (Å²) in [7, 11) is 0. The fourth-order valence-corrected chi connectivity index (χ4v) is 4.24. The zero-order chi connectivity index (χ0) is 22.7. The Bertz CT molecular complexity index is 1330. The van der Waals surface area contributed by atoms with Crippen LogP contribution in [-0.2, 0) is 6.54 Å². The number of halogens is 1. The number of aromatic amines is 1. The van der Waals surface area contributed by atoms with E-state index in [0.717, 1.165) is 17.3 Å². The molecule has 2 aromatic carbocycles. The lowest BCUT2D eigenvalue weighted by atomic mass is 10.1. The van der Waals surface area contributed by atoms with Crippen molar-refractivity contribution in [2.24, 2.45) is 0 Å². The standard InChI is InChI=1S/C23H22ClN5O2S/c1-3-10-28(14-20-26-19-13-16(24)7-8-18(19)21(30)27-20)22(31)15-5-4-6-17(12-15)29-11-9-25-23(29)32-2/h4-9,11-13H,3,10,14H2,1-2H3,(H,26,27,30). The first-order chi connectivity index (χ1) is 15.5. The molecule has 0 radical (unpaired) electrons. The lowest BCUT2D eigenvalue weighted by Gasteiger charge is -2.22. The molecule has 0 spiro atoms. The van der Waals surface area contributed by atoms with E-state index in [4.69, 9.17) is 11.6 Å². The van der Waals surface area contributed by atoms with Crippen molar-refractivity contribution in [2.45, 2.75) is 25.0 Å². The average Bonchev–Trinajstić information content (AvgIpc) is 3.27. The summed E-state index contributed by atoms with van der Waals surface area (Å²) in [5.74, 6) is 0.287. The summed E-state index contributed by atoms with van der Waals surface area (Å²) in [5.41, 5.74) is 1.67. The number of amides is 1. The van der Waals surface area contributed by atoms with Gasteiger partial charge in [-0.1, -0.05) is 36.4 Å². The molecule has 0 fully saturated rings. The smallest absolute Gasteiger partial charge is 0.258 e. The van der Waals surface area contributed by atoms with Crippen molar-refractivity contribution in [3.63, 3.8) is 0 Å². The molecule has 0 unspecified atom stereocenters. The van der Waals surface area contributed by atoms with Gasteiger partial charge in [0.15, 0.2) is 5.16 Å². The number of benzene rings is 2. The molecular weight excluding hydrogens is 446 g/mol. The van der Waals surface area contributed by atoms with E-state index in [0.29, 0.717) is 33.9 Å². The number of hydrogen-bond acceptors (Lipinski definition) is 5. The predicted octanol–water partition coefficient (Wildman–Crippen LogP) is 4.54. The molecule has 9 heteroatoms. The number of hydrogen-bond donors (Lipinski definition) is 1. The van der Waals surface area contributed by atoms with E-state index in [9.17, 15) is 9.59 Å². The summed E-state index contributed by atoms with van der Waals surface area (Å²) >= 11 is 7.60. The van der Waals surface area contributed by atoms with Crippen LogP contribution in [0.1, 0.15) is 29.5 Å². The third-order valence-electron chi connectivity index (χ3n) is 5.00. The Morgan fingerprint density at radius 2 is 2.09 bits per heavy atom. The molecule has 0 aliphatic carbocycles. The molecule has 32 heavy (non-hydrogen) atoms. The molecule has 2 heterocycles. The van der Waals surface area contributed by atoms with Crippen molar-refractivity contribution in [1.82, 2.24) is 24.4 Å². The Kier molecular flexibility index (Phi) is 6.62. The second kappa shape index (κ2) is 9.58. The first-order valence-corrected chi connectivity index (χ1v) is 11.8. The molecule has 0 aliphatic rings. The van der Waals surface area contributed by atoms with Gasteiger partial charge in [-0.2, -0.15) is 0 Å². The van der Waals surface area contributed by atoms with E-state index in [1.807, 2.05) is 42.1 Å². The molecule has 0 aliphatic heterocycles. The average molecular weight is 468 g/mol. The number of carbonyl (C=O) groups is 1. The quantitative estimate of drug-likeness (QED) is 0.403. The molecule has 4 rings (SSSR count). The summed E-state index contributed by atoms with van der Waals surface area (Å²) in [6.45, 7) is 2.72. The van der Waals surface area contributed by atoms with Crippen LogP contribution in [0, 0.1) is 0 Å². The summed E-state index contributed by atoms with van der Waals surface area (Å²) in [6.07, 6.45) is 6.33. The first kappa shape index (κ1) is 22.1. The highest BCUT2D eigenvalue weighted by molar-refractivity contribution is 7.98. The van der Waals surface area contributed by atoms with Crippen molar-refractivity contribution in [2.75, 3.05) is 12.8 Å². The number of nitrogens with one attached hydrogen (secondary N) is 1. The maximum absolute atomic E-state index is 13.4. The summed E-state index contributed by atoms with van der Waals surface area (Å²) < 4.78 is 1.94. The van der Waals surface area contributed by atoms with Crippen molar-refractivity contribution < 1.29 is 4.79 Å². The normalized spacial score (nSPS) is 11.1. The molecule has 1 amide bonds. The largest absolute Gasteiger partial charge is 0.331 e. The predicted molar refractivity (Wildman–Crippen MR) is 128 cm³/mol. The number of thioether (sulfide) groups is 1. The van der Waals surface area contributed by atoms with Gasteiger partial charge in [0.2, 0.25) is 0 Å². The molecule has 0 bridgehead atoms. The van der Waals surface area contributed by atoms with Crippen LogP contribution in [0.25, 0.3) is 16.6 Å². The van der Waals surface area contributed by atoms with Crippen LogP contribution in [-0.4, -0.2) is 43.1 Å². The van der Waals surface area contributed by atoms with Crippen LogP contribution in [0.3, 0.4) is 0 Å². The minimum Gasteiger partial charge on any atom is -0.331 e. The summed E-state index contributed by atoms with van der Waals surface area (Å²) in [4.78, 5) is 39.2. The van der Waals surface area contributed by atoms with Crippen LogP contribution in [0.2, 0.25) is 5.02 Å². The van der Waals surface area contributed by atoms with Gasteiger partial charge in [-0.05, 0) is 49.1 Å². The van der Waals surface area contributed by atoms with Crippen molar-refractivity contribution in [1.29, 1.82) is 0 Å². The molecule has 2 aromatic heterocycles. The number of fused-ring (bicyclic) bond motifs is 1. The Hall–Kier alpha value is -3.10. The molecule has 1 N–H and O–H groups in total. The van der Waals surface area contributed by atoms with Gasteiger partial charge in [0.05, 0.1) is 17.4 Å². The minimum absolute atomic E-state index is 0.131. The van der Waals surface area contributed by atoms with Gasteiger partial charge in [-0.25, -0.2) is 9.97 Å². The van der Waals surface area contributed by atoms with Gasteiger partial charge in [0.1, 0.15) is 5.82 Å². The number of aromatic nitrogens is 4. The molecule has 0 saturated heterocycles. The Balaban J connectivity index is 1.65. The third kappa shape index (κ3) is 4.56. The monoisotopic (exact) mass is 467 g/mol. The first-order valence-electron chi connectivity index (χ1n) is 10.2. The number of carbonyl (C=O) groups excluding carboxylic acids is 1. The fourth-order valence-electron chi connectivity index (χ4n) is 3.55. The van der Waals surface area contributed by atoms with E-state index in [-0.39, 0.29) is 18.0 Å². The van der Waals surface area contributed by atoms with E-state index in [1.165, 1.54) is 11.8 Å². The molecule has 4 aromatic rings. The maximum Gasteiger partial charge on any atom is 0.258 e. The van der Waals surface area contributed by atoms with Crippen LogP contribution < -0.4 is 5.56 Å². The van der Waals surface area contributed by atoms with Gasteiger partial charge in [0.25, 0.3) is 11.5 Å². The summed E-state index contributed by atoms with van der Waals surface area (Å²) in [6, 6.07) is 12.4.